The number of hydrogen-bond acceptors (Lipinski definition) is 6. The summed E-state index contributed by atoms with van der Waals surface area (Å²) in [5.74, 6) is 1.89. The van der Waals surface area contributed by atoms with E-state index in [2.05, 4.69) is 4.74 Å². The van der Waals surface area contributed by atoms with Gasteiger partial charge in [0, 0.05) is 17.8 Å². The third-order valence-electron chi connectivity index (χ3n) is 2.38. The second kappa shape index (κ2) is 10.1. The van der Waals surface area contributed by atoms with Crippen LogP contribution in [0, 0.1) is 0 Å². The average molecular weight is 293 g/mol. The van der Waals surface area contributed by atoms with Crippen molar-refractivity contribution in [2.75, 3.05) is 56.9 Å². The van der Waals surface area contributed by atoms with Crippen LogP contribution in [-0.2, 0) is 39.4 Å². The maximum Gasteiger partial charge on any atom is 0.356 e. The molecule has 0 radical (unpaired) electrons. The van der Waals surface area contributed by atoms with Crippen LogP contribution in [0.1, 0.15) is 6.92 Å². The zero-order valence-electron chi connectivity index (χ0n) is 11.2. The Morgan fingerprint density at radius 2 is 1.68 bits per heavy atom. The summed E-state index contributed by atoms with van der Waals surface area (Å²) >= 11 is 0. The Morgan fingerprint density at radius 3 is 2.32 bits per heavy atom. The highest BCUT2D eigenvalue weighted by molar-refractivity contribution is 7.97. The number of esters is 2. The van der Waals surface area contributed by atoms with Gasteiger partial charge in [0.1, 0.15) is 24.7 Å². The summed E-state index contributed by atoms with van der Waals surface area (Å²) in [4.78, 5) is 22.0. The van der Waals surface area contributed by atoms with Crippen LogP contribution in [0.15, 0.2) is 0 Å². The molecule has 0 aromatic rings. The van der Waals surface area contributed by atoms with E-state index >= 15 is 0 Å². The molecule has 0 bridgehead atoms. The maximum atomic E-state index is 11.5. The molecular weight excluding hydrogens is 272 g/mol. The number of carbonyl (C=O) groups excluding carboxylic acids is 2. The molecule has 0 saturated carbocycles. The van der Waals surface area contributed by atoms with Crippen LogP contribution >= 0.6 is 0 Å². The zero-order chi connectivity index (χ0) is 13.9. The van der Waals surface area contributed by atoms with Crippen LogP contribution in [0.2, 0.25) is 0 Å². The van der Waals surface area contributed by atoms with Crippen molar-refractivity contribution >= 4 is 22.8 Å². The Bertz CT molecular complexity index is 277. The zero-order valence-corrected chi connectivity index (χ0v) is 12.0. The predicted octanol–water partition coefficient (Wildman–Crippen LogP) is -0.242. The fourth-order valence-corrected chi connectivity index (χ4v) is 3.09. The van der Waals surface area contributed by atoms with Gasteiger partial charge in [-0.15, -0.1) is 0 Å². The van der Waals surface area contributed by atoms with Gasteiger partial charge in [0.15, 0.2) is 0 Å². The molecule has 1 aliphatic heterocycles. The van der Waals surface area contributed by atoms with Gasteiger partial charge in [0.2, 0.25) is 5.75 Å². The highest BCUT2D eigenvalue weighted by Crippen LogP contribution is 2.04. The minimum atomic E-state index is -0.326. The van der Waals surface area contributed by atoms with E-state index in [1.165, 1.54) is 6.92 Å². The van der Waals surface area contributed by atoms with E-state index in [1.54, 1.807) is 0 Å². The largest absolute Gasteiger partial charge is 0.463 e. The van der Waals surface area contributed by atoms with Gasteiger partial charge in [0.25, 0.3) is 0 Å². The van der Waals surface area contributed by atoms with Crippen LogP contribution < -0.4 is 0 Å². The van der Waals surface area contributed by atoms with E-state index in [0.29, 0.717) is 19.0 Å². The van der Waals surface area contributed by atoms with Crippen LogP contribution in [0.3, 0.4) is 0 Å². The molecule has 0 atom stereocenters. The van der Waals surface area contributed by atoms with Gasteiger partial charge in [-0.2, -0.15) is 0 Å². The number of ether oxygens (including phenoxy) is 4. The standard InChI is InChI=1S/C12H21O6S/c1-11(13)17-4-2-15-3-5-18-12(14)10-19-8-6-16-7-9-19/h2-10H2,1H3/q+1. The Hall–Kier alpha value is -0.790. The molecule has 0 spiro atoms. The fourth-order valence-electron chi connectivity index (χ4n) is 1.47. The molecule has 0 unspecified atom stereocenters. The molecule has 0 N–H and O–H groups in total. The van der Waals surface area contributed by atoms with Crippen LogP contribution in [0.4, 0.5) is 0 Å². The summed E-state index contributed by atoms with van der Waals surface area (Å²) in [7, 11) is 0.112. The predicted molar refractivity (Wildman–Crippen MR) is 71.2 cm³/mol. The number of carbonyl (C=O) groups is 2. The van der Waals surface area contributed by atoms with Crippen molar-refractivity contribution in [2.24, 2.45) is 0 Å². The van der Waals surface area contributed by atoms with Crippen molar-refractivity contribution in [1.29, 1.82) is 0 Å². The summed E-state index contributed by atoms with van der Waals surface area (Å²) in [5, 5.41) is 0. The average Bonchev–Trinajstić information content (AvgIpc) is 2.38. The van der Waals surface area contributed by atoms with Crippen LogP contribution in [0.5, 0.6) is 0 Å². The molecule has 0 aromatic carbocycles. The molecule has 0 aliphatic carbocycles. The first-order valence-corrected chi connectivity index (χ1v) is 8.00. The molecule has 7 heteroatoms. The Balaban J connectivity index is 1.90. The van der Waals surface area contributed by atoms with Crippen molar-refractivity contribution in [3.63, 3.8) is 0 Å². The molecule has 0 amide bonds. The summed E-state index contributed by atoms with van der Waals surface area (Å²) in [5.41, 5.74) is 0. The van der Waals surface area contributed by atoms with Gasteiger partial charge >= 0.3 is 11.9 Å². The Labute approximate surface area is 116 Å². The molecule has 6 nitrogen and oxygen atoms in total. The summed E-state index contributed by atoms with van der Waals surface area (Å²) in [6.07, 6.45) is 0. The summed E-state index contributed by atoms with van der Waals surface area (Å²) in [6, 6.07) is 0. The molecule has 1 saturated heterocycles. The monoisotopic (exact) mass is 293 g/mol. The maximum absolute atomic E-state index is 11.5. The lowest BCUT2D eigenvalue weighted by Crippen LogP contribution is -2.32. The lowest BCUT2D eigenvalue weighted by molar-refractivity contribution is -0.143. The van der Waals surface area contributed by atoms with Gasteiger partial charge < -0.3 is 18.9 Å². The quantitative estimate of drug-likeness (QED) is 0.349. The molecule has 1 rings (SSSR count). The minimum absolute atomic E-state index is 0.112. The third kappa shape index (κ3) is 8.85. The van der Waals surface area contributed by atoms with Crippen molar-refractivity contribution in [3.05, 3.63) is 0 Å². The van der Waals surface area contributed by atoms with Crippen molar-refractivity contribution in [3.8, 4) is 0 Å². The SMILES string of the molecule is CC(=O)OCCOCCOC(=O)C[S+]1CCOCC1. The second-order valence-corrected chi connectivity index (χ2v) is 6.28. The van der Waals surface area contributed by atoms with E-state index in [4.69, 9.17) is 14.2 Å². The van der Waals surface area contributed by atoms with Gasteiger partial charge in [-0.1, -0.05) is 0 Å². The molecule has 19 heavy (non-hydrogen) atoms. The van der Waals surface area contributed by atoms with Gasteiger partial charge in [-0.25, -0.2) is 4.79 Å². The minimum Gasteiger partial charge on any atom is -0.463 e. The first-order valence-electron chi connectivity index (χ1n) is 6.27. The lowest BCUT2D eigenvalue weighted by atomic mass is 10.7. The number of rotatable bonds is 8. The first-order chi connectivity index (χ1) is 9.18. The molecule has 1 aliphatic rings. The topological polar surface area (TPSA) is 71.1 Å². The van der Waals surface area contributed by atoms with E-state index in [-0.39, 0.29) is 36.0 Å². The van der Waals surface area contributed by atoms with Crippen molar-refractivity contribution in [1.82, 2.24) is 0 Å². The molecule has 0 aromatic heterocycles. The molecule has 1 heterocycles. The fraction of sp³-hybridized carbons (Fsp3) is 0.833. The third-order valence-corrected chi connectivity index (χ3v) is 4.51. The summed E-state index contributed by atoms with van der Waals surface area (Å²) < 4.78 is 20.1. The summed E-state index contributed by atoms with van der Waals surface area (Å²) in [6.45, 7) is 3.95. The first kappa shape index (κ1) is 16.3. The van der Waals surface area contributed by atoms with Crippen LogP contribution in [0.25, 0.3) is 0 Å². The molecular formula is C12H21O6S+. The molecule has 1 fully saturated rings. The van der Waals surface area contributed by atoms with Crippen molar-refractivity contribution in [2.45, 2.75) is 6.92 Å². The van der Waals surface area contributed by atoms with Gasteiger partial charge in [0.05, 0.1) is 26.4 Å². The van der Waals surface area contributed by atoms with Crippen molar-refractivity contribution < 1.29 is 28.5 Å². The van der Waals surface area contributed by atoms with E-state index in [9.17, 15) is 9.59 Å². The second-order valence-electron chi connectivity index (χ2n) is 3.95. The lowest BCUT2D eigenvalue weighted by Gasteiger charge is -2.13. The highest BCUT2D eigenvalue weighted by Gasteiger charge is 2.26. The van der Waals surface area contributed by atoms with E-state index in [0.717, 1.165) is 24.7 Å². The highest BCUT2D eigenvalue weighted by atomic mass is 32.2. The smallest absolute Gasteiger partial charge is 0.356 e. The molecule has 110 valence electrons. The number of hydrogen-bond donors (Lipinski definition) is 0. The normalized spacial score (nSPS) is 16.1. The van der Waals surface area contributed by atoms with E-state index < -0.39 is 0 Å². The van der Waals surface area contributed by atoms with E-state index in [1.807, 2.05) is 0 Å². The Kier molecular flexibility index (Phi) is 8.61. The van der Waals surface area contributed by atoms with Gasteiger partial charge in [-0.3, -0.25) is 4.79 Å². The van der Waals surface area contributed by atoms with Gasteiger partial charge in [-0.05, 0) is 0 Å². The van der Waals surface area contributed by atoms with Crippen LogP contribution in [-0.4, -0.2) is 68.8 Å². The Morgan fingerprint density at radius 1 is 1.05 bits per heavy atom.